The number of Topliss-reactive ketones (excluding diaryl/α,β-unsaturated/α-hetero) is 1. The number of benzene rings is 1. The lowest BCUT2D eigenvalue weighted by Crippen LogP contribution is -2.36. The van der Waals surface area contributed by atoms with Crippen LogP contribution in [0.5, 0.6) is 0 Å². The van der Waals surface area contributed by atoms with Gasteiger partial charge in [-0.25, -0.2) is 0 Å². The van der Waals surface area contributed by atoms with Crippen LogP contribution in [0.2, 0.25) is 10.0 Å². The Morgan fingerprint density at radius 2 is 2.12 bits per heavy atom. The van der Waals surface area contributed by atoms with E-state index in [1.165, 1.54) is 0 Å². The van der Waals surface area contributed by atoms with Gasteiger partial charge in [-0.15, -0.1) is 0 Å². The van der Waals surface area contributed by atoms with Gasteiger partial charge in [-0.2, -0.15) is 0 Å². The predicted octanol–water partition coefficient (Wildman–Crippen LogP) is 2.80. The summed E-state index contributed by atoms with van der Waals surface area (Å²) in [6, 6.07) is 4.60. The van der Waals surface area contributed by atoms with Crippen LogP contribution >= 0.6 is 23.2 Å². The summed E-state index contributed by atoms with van der Waals surface area (Å²) in [5, 5.41) is 3.90. The van der Waals surface area contributed by atoms with Crippen LogP contribution in [0.25, 0.3) is 0 Å². The Balaban J connectivity index is 2.65. The average Bonchev–Trinajstić information content (AvgIpc) is 2.32. The Kier molecular flexibility index (Phi) is 5.92. The van der Waals surface area contributed by atoms with E-state index >= 15 is 0 Å². The number of carbonyl (C=O) groups excluding carboxylic acids is 1. The van der Waals surface area contributed by atoms with Crippen molar-refractivity contribution in [3.63, 3.8) is 0 Å². The Morgan fingerprint density at radius 3 is 2.71 bits per heavy atom. The van der Waals surface area contributed by atoms with E-state index in [9.17, 15) is 4.79 Å². The molecular weight excluding hydrogens is 261 g/mol. The number of carbonyl (C=O) groups is 1. The Morgan fingerprint density at radius 1 is 1.41 bits per heavy atom. The fourth-order valence-corrected chi connectivity index (χ4v) is 1.67. The zero-order chi connectivity index (χ0) is 12.8. The van der Waals surface area contributed by atoms with E-state index in [0.717, 1.165) is 0 Å². The highest BCUT2D eigenvalue weighted by molar-refractivity contribution is 6.42. The first kappa shape index (κ1) is 14.5. The van der Waals surface area contributed by atoms with Crippen LogP contribution in [0.3, 0.4) is 0 Å². The number of halogens is 2. The van der Waals surface area contributed by atoms with Crippen molar-refractivity contribution in [1.82, 2.24) is 5.32 Å². The molecule has 94 valence electrons. The van der Waals surface area contributed by atoms with Crippen molar-refractivity contribution in [1.29, 1.82) is 0 Å². The molecule has 0 fully saturated rings. The lowest BCUT2D eigenvalue weighted by Gasteiger charge is -2.12. The van der Waals surface area contributed by atoms with Gasteiger partial charge in [0.1, 0.15) is 0 Å². The molecule has 0 saturated carbocycles. The van der Waals surface area contributed by atoms with Gasteiger partial charge < -0.3 is 10.1 Å². The molecule has 1 unspecified atom stereocenters. The van der Waals surface area contributed by atoms with Crippen LogP contribution in [0.15, 0.2) is 18.2 Å². The summed E-state index contributed by atoms with van der Waals surface area (Å²) in [5.74, 6) is -0.0142. The van der Waals surface area contributed by atoms with Gasteiger partial charge in [0.25, 0.3) is 0 Å². The molecule has 0 amide bonds. The molecule has 0 radical (unpaired) electrons. The third kappa shape index (κ3) is 4.28. The third-order valence-electron chi connectivity index (χ3n) is 2.35. The van der Waals surface area contributed by atoms with Crippen LogP contribution in [0.4, 0.5) is 0 Å². The molecule has 0 aliphatic carbocycles. The SMILES string of the molecule is COCCNC(C)C(=O)c1ccc(Cl)c(Cl)c1. The summed E-state index contributed by atoms with van der Waals surface area (Å²) < 4.78 is 4.90. The first-order valence-electron chi connectivity index (χ1n) is 5.28. The summed E-state index contributed by atoms with van der Waals surface area (Å²) in [6.45, 7) is 3.00. The minimum Gasteiger partial charge on any atom is -0.383 e. The van der Waals surface area contributed by atoms with Crippen molar-refractivity contribution in [2.45, 2.75) is 13.0 Å². The highest BCUT2D eigenvalue weighted by Crippen LogP contribution is 2.23. The molecule has 17 heavy (non-hydrogen) atoms. The van der Waals surface area contributed by atoms with E-state index in [4.69, 9.17) is 27.9 Å². The number of rotatable bonds is 6. The fraction of sp³-hybridized carbons (Fsp3) is 0.417. The molecule has 0 bridgehead atoms. The van der Waals surface area contributed by atoms with E-state index < -0.39 is 0 Å². The molecule has 1 aromatic rings. The molecule has 0 heterocycles. The normalized spacial score (nSPS) is 12.5. The van der Waals surface area contributed by atoms with Crippen LogP contribution in [0.1, 0.15) is 17.3 Å². The van der Waals surface area contributed by atoms with Gasteiger partial charge in [-0.05, 0) is 25.1 Å². The van der Waals surface area contributed by atoms with Gasteiger partial charge in [0, 0.05) is 19.2 Å². The minimum absolute atomic E-state index is 0.0142. The molecule has 5 heteroatoms. The minimum atomic E-state index is -0.276. The molecule has 0 saturated heterocycles. The molecule has 0 aliphatic rings. The van der Waals surface area contributed by atoms with Gasteiger partial charge in [0.05, 0.1) is 22.7 Å². The van der Waals surface area contributed by atoms with Gasteiger partial charge in [-0.3, -0.25) is 4.79 Å². The van der Waals surface area contributed by atoms with Crippen molar-refractivity contribution in [3.05, 3.63) is 33.8 Å². The number of nitrogens with one attached hydrogen (secondary N) is 1. The zero-order valence-electron chi connectivity index (χ0n) is 9.80. The number of methoxy groups -OCH3 is 1. The molecule has 3 nitrogen and oxygen atoms in total. The first-order valence-corrected chi connectivity index (χ1v) is 6.03. The first-order chi connectivity index (χ1) is 8.06. The van der Waals surface area contributed by atoms with Crippen molar-refractivity contribution in [3.8, 4) is 0 Å². The van der Waals surface area contributed by atoms with Crippen LogP contribution in [-0.4, -0.2) is 32.1 Å². The zero-order valence-corrected chi connectivity index (χ0v) is 11.3. The number of hydrogen-bond acceptors (Lipinski definition) is 3. The highest BCUT2D eigenvalue weighted by atomic mass is 35.5. The summed E-state index contributed by atoms with van der Waals surface area (Å²) in [4.78, 5) is 12.0. The van der Waals surface area contributed by atoms with Gasteiger partial charge in [0.2, 0.25) is 0 Å². The van der Waals surface area contributed by atoms with E-state index in [-0.39, 0.29) is 11.8 Å². The average molecular weight is 276 g/mol. The van der Waals surface area contributed by atoms with Crippen LogP contribution < -0.4 is 5.32 Å². The van der Waals surface area contributed by atoms with Crippen molar-refractivity contribution >= 4 is 29.0 Å². The molecule has 0 aromatic heterocycles. The predicted molar refractivity (Wildman–Crippen MR) is 70.1 cm³/mol. The van der Waals surface area contributed by atoms with Gasteiger partial charge in [0.15, 0.2) is 5.78 Å². The lowest BCUT2D eigenvalue weighted by molar-refractivity contribution is 0.0945. The second-order valence-electron chi connectivity index (χ2n) is 3.66. The smallest absolute Gasteiger partial charge is 0.179 e. The molecule has 1 aromatic carbocycles. The molecule has 1 atom stereocenters. The number of hydrogen-bond donors (Lipinski definition) is 1. The Labute approximate surface area is 111 Å². The number of ketones is 1. The lowest BCUT2D eigenvalue weighted by atomic mass is 10.1. The topological polar surface area (TPSA) is 38.3 Å². The maximum absolute atomic E-state index is 12.0. The largest absolute Gasteiger partial charge is 0.383 e. The second-order valence-corrected chi connectivity index (χ2v) is 4.48. The highest BCUT2D eigenvalue weighted by Gasteiger charge is 2.15. The van der Waals surface area contributed by atoms with E-state index in [1.807, 2.05) is 0 Å². The van der Waals surface area contributed by atoms with Crippen molar-refractivity contribution in [2.75, 3.05) is 20.3 Å². The maximum Gasteiger partial charge on any atom is 0.179 e. The standard InChI is InChI=1S/C12H15Cl2NO2/c1-8(15-5-6-17-2)12(16)9-3-4-10(13)11(14)7-9/h3-4,7-8,15H,5-6H2,1-2H3. The van der Waals surface area contributed by atoms with E-state index in [2.05, 4.69) is 5.32 Å². The third-order valence-corrected chi connectivity index (χ3v) is 3.09. The second kappa shape index (κ2) is 6.97. The Hall–Kier alpha value is -0.610. The maximum atomic E-state index is 12.0. The van der Waals surface area contributed by atoms with E-state index in [0.29, 0.717) is 28.8 Å². The Bertz CT molecular complexity index is 396. The van der Waals surface area contributed by atoms with Crippen molar-refractivity contribution in [2.24, 2.45) is 0 Å². The van der Waals surface area contributed by atoms with Gasteiger partial charge >= 0.3 is 0 Å². The van der Waals surface area contributed by atoms with Crippen molar-refractivity contribution < 1.29 is 9.53 Å². The molecule has 1 rings (SSSR count). The summed E-state index contributed by atoms with van der Waals surface area (Å²) in [6.07, 6.45) is 0. The summed E-state index contributed by atoms with van der Waals surface area (Å²) in [5.41, 5.74) is 0.553. The monoisotopic (exact) mass is 275 g/mol. The molecular formula is C12H15Cl2NO2. The summed E-state index contributed by atoms with van der Waals surface area (Å²) in [7, 11) is 1.62. The van der Waals surface area contributed by atoms with Crippen LogP contribution in [0, 0.1) is 0 Å². The van der Waals surface area contributed by atoms with E-state index in [1.54, 1.807) is 32.2 Å². The fourth-order valence-electron chi connectivity index (χ4n) is 1.37. The molecule has 0 spiro atoms. The quantitative estimate of drug-likeness (QED) is 0.641. The molecule has 0 aliphatic heterocycles. The number of ether oxygens (including phenoxy) is 1. The van der Waals surface area contributed by atoms with Gasteiger partial charge in [-0.1, -0.05) is 23.2 Å². The summed E-state index contributed by atoms with van der Waals surface area (Å²) >= 11 is 11.7. The van der Waals surface area contributed by atoms with Crippen LogP contribution in [-0.2, 0) is 4.74 Å². The molecule has 1 N–H and O–H groups in total.